The molecular formula is C27H27N5O3. The zero-order valence-electron chi connectivity index (χ0n) is 19.5. The Morgan fingerprint density at radius 2 is 1.91 bits per heavy atom. The topological polar surface area (TPSA) is 112 Å². The first-order chi connectivity index (χ1) is 17.0. The molecule has 2 aliphatic rings. The van der Waals surface area contributed by atoms with E-state index in [1.54, 1.807) is 30.3 Å². The van der Waals surface area contributed by atoms with E-state index in [9.17, 15) is 9.90 Å². The Balaban J connectivity index is 1.29. The van der Waals surface area contributed by atoms with Gasteiger partial charge in [-0.1, -0.05) is 24.3 Å². The van der Waals surface area contributed by atoms with Crippen LogP contribution in [-0.2, 0) is 5.41 Å². The molecule has 1 saturated heterocycles. The van der Waals surface area contributed by atoms with Crippen molar-refractivity contribution in [1.82, 2.24) is 25.8 Å². The molecule has 2 aromatic carbocycles. The fourth-order valence-corrected chi connectivity index (χ4v) is 5.67. The number of carbonyl (C=O) groups excluding carboxylic acids is 1. The number of hydrogen-bond donors (Lipinski definition) is 4. The molecule has 1 atom stereocenters. The highest BCUT2D eigenvalue weighted by Crippen LogP contribution is 2.49. The number of rotatable bonds is 3. The Hall–Kier alpha value is -3.91. The molecule has 3 heterocycles. The number of H-pyrrole nitrogens is 1. The fourth-order valence-electron chi connectivity index (χ4n) is 5.67. The highest BCUT2D eigenvalue weighted by molar-refractivity contribution is 5.90. The first-order valence-electron chi connectivity index (χ1n) is 12.0. The van der Waals surface area contributed by atoms with Gasteiger partial charge in [0.25, 0.3) is 0 Å². The van der Waals surface area contributed by atoms with Crippen LogP contribution in [0.15, 0.2) is 54.6 Å². The van der Waals surface area contributed by atoms with Crippen molar-refractivity contribution in [2.45, 2.75) is 37.6 Å². The molecule has 6 rings (SSSR count). The summed E-state index contributed by atoms with van der Waals surface area (Å²) in [6.45, 7) is 3.84. The largest absolute Gasteiger partial charge is 0.508 e. The van der Waals surface area contributed by atoms with Crippen LogP contribution in [0.4, 0.5) is 4.79 Å². The molecular weight excluding hydrogens is 442 g/mol. The number of benzene rings is 2. The number of ether oxygens (including phenoxy) is 1. The summed E-state index contributed by atoms with van der Waals surface area (Å²) in [6, 6.07) is 16.8. The summed E-state index contributed by atoms with van der Waals surface area (Å²) in [5, 5.41) is 24.1. The molecule has 1 amide bonds. The molecule has 1 spiro atoms. The normalized spacial score (nSPS) is 18.5. The molecule has 8 heteroatoms. The molecule has 2 aromatic heterocycles. The molecule has 178 valence electrons. The average Bonchev–Trinajstić information content (AvgIpc) is 3.38. The van der Waals surface area contributed by atoms with Crippen molar-refractivity contribution >= 4 is 17.1 Å². The summed E-state index contributed by atoms with van der Waals surface area (Å²) < 4.78 is 5.89. The van der Waals surface area contributed by atoms with Gasteiger partial charge < -0.3 is 20.5 Å². The number of aryl methyl sites for hydroxylation is 1. The molecule has 0 bridgehead atoms. The van der Waals surface area contributed by atoms with Gasteiger partial charge in [-0.05, 0) is 74.7 Å². The minimum absolute atomic E-state index is 0.0942. The molecule has 4 N–H and O–H groups in total. The number of pyridine rings is 1. The first kappa shape index (κ1) is 21.6. The number of aromatic amines is 1. The minimum Gasteiger partial charge on any atom is -0.508 e. The third kappa shape index (κ3) is 3.80. The Morgan fingerprint density at radius 1 is 1.14 bits per heavy atom. The van der Waals surface area contributed by atoms with Crippen molar-refractivity contribution < 1.29 is 14.6 Å². The maximum Gasteiger partial charge on any atom is 0.413 e. The molecule has 0 radical (unpaired) electrons. The molecule has 0 saturated carbocycles. The number of phenolic OH excluding ortho intramolecular Hbond substituents is 1. The Labute approximate surface area is 202 Å². The summed E-state index contributed by atoms with van der Waals surface area (Å²) in [7, 11) is 0. The number of carbonyl (C=O) groups is 1. The van der Waals surface area contributed by atoms with Crippen LogP contribution < -0.4 is 15.4 Å². The van der Waals surface area contributed by atoms with E-state index in [0.717, 1.165) is 43.6 Å². The van der Waals surface area contributed by atoms with E-state index in [0.29, 0.717) is 22.5 Å². The zero-order valence-corrected chi connectivity index (χ0v) is 19.5. The molecule has 35 heavy (non-hydrogen) atoms. The van der Waals surface area contributed by atoms with E-state index >= 15 is 0 Å². The number of piperidine rings is 1. The number of aromatic hydroxyl groups is 1. The van der Waals surface area contributed by atoms with E-state index in [-0.39, 0.29) is 17.2 Å². The average molecular weight is 470 g/mol. The van der Waals surface area contributed by atoms with Crippen LogP contribution in [0, 0.1) is 6.92 Å². The van der Waals surface area contributed by atoms with E-state index in [1.807, 2.05) is 13.0 Å². The molecule has 8 nitrogen and oxygen atoms in total. The van der Waals surface area contributed by atoms with Crippen LogP contribution in [0.1, 0.15) is 42.1 Å². The third-order valence-corrected chi connectivity index (χ3v) is 7.39. The Kier molecular flexibility index (Phi) is 5.18. The lowest BCUT2D eigenvalue weighted by molar-refractivity contribution is 0.193. The van der Waals surface area contributed by atoms with Crippen LogP contribution in [0.25, 0.3) is 22.3 Å². The number of phenols is 1. The summed E-state index contributed by atoms with van der Waals surface area (Å²) in [6.07, 6.45) is 2.50. The van der Waals surface area contributed by atoms with E-state index in [4.69, 9.17) is 4.74 Å². The number of nitrogens with one attached hydrogen (secondary N) is 3. The number of nitrogens with zero attached hydrogens (tertiary/aromatic N) is 2. The lowest BCUT2D eigenvalue weighted by Crippen LogP contribution is -2.39. The van der Waals surface area contributed by atoms with Crippen LogP contribution in [0.3, 0.4) is 0 Å². The molecule has 1 aliphatic carbocycles. The Bertz CT molecular complexity index is 1410. The second-order valence-corrected chi connectivity index (χ2v) is 9.51. The summed E-state index contributed by atoms with van der Waals surface area (Å²) in [5.41, 5.74) is 5.24. The van der Waals surface area contributed by atoms with E-state index in [2.05, 4.69) is 44.0 Å². The number of hydrogen-bond acceptors (Lipinski definition) is 6. The quantitative estimate of drug-likeness (QED) is 0.352. The molecule has 1 aliphatic heterocycles. The maximum absolute atomic E-state index is 13.2. The lowest BCUT2D eigenvalue weighted by Gasteiger charge is -2.35. The van der Waals surface area contributed by atoms with Gasteiger partial charge in [0.1, 0.15) is 11.5 Å². The fraction of sp³-hybridized carbons (Fsp3) is 0.296. The van der Waals surface area contributed by atoms with Gasteiger partial charge in [0.15, 0.2) is 5.65 Å². The van der Waals surface area contributed by atoms with E-state index < -0.39 is 6.09 Å². The van der Waals surface area contributed by atoms with Gasteiger partial charge >= 0.3 is 6.09 Å². The first-order valence-corrected chi connectivity index (χ1v) is 12.0. The van der Waals surface area contributed by atoms with Crippen molar-refractivity contribution in [3.8, 4) is 22.8 Å². The monoisotopic (exact) mass is 469 g/mol. The minimum atomic E-state index is -0.499. The van der Waals surface area contributed by atoms with Gasteiger partial charge in [0, 0.05) is 22.7 Å². The number of fused-ring (bicyclic) bond motifs is 3. The summed E-state index contributed by atoms with van der Waals surface area (Å²) in [5.74, 6) is 0.564. The van der Waals surface area contributed by atoms with Crippen molar-refractivity contribution in [3.63, 3.8) is 0 Å². The second-order valence-electron chi connectivity index (χ2n) is 9.51. The standard InChI is InChI=1S/C27H27N5O3/c1-16-24-23(14-21(29-25(24)32-31-16)17-6-8-18(33)9-7-17)35-26(34)30-22-15-27(10-12-28-13-11-27)20-5-3-2-4-19(20)22/h2-9,14,22,28,33H,10-13,15H2,1H3,(H,30,34)(H,29,31,32). The van der Waals surface area contributed by atoms with Crippen LogP contribution in [-0.4, -0.2) is 39.5 Å². The van der Waals surface area contributed by atoms with Crippen molar-refractivity contribution in [3.05, 3.63) is 71.4 Å². The summed E-state index contributed by atoms with van der Waals surface area (Å²) >= 11 is 0. The van der Waals surface area contributed by atoms with Crippen LogP contribution in [0.2, 0.25) is 0 Å². The lowest BCUT2D eigenvalue weighted by atomic mass is 9.74. The zero-order chi connectivity index (χ0) is 24.0. The van der Waals surface area contributed by atoms with E-state index in [1.165, 1.54) is 11.1 Å². The van der Waals surface area contributed by atoms with Crippen molar-refractivity contribution in [2.24, 2.45) is 0 Å². The maximum atomic E-state index is 13.2. The van der Waals surface area contributed by atoms with Crippen LogP contribution >= 0.6 is 0 Å². The molecule has 1 unspecified atom stereocenters. The molecule has 4 aromatic rings. The highest BCUT2D eigenvalue weighted by Gasteiger charge is 2.44. The molecule has 1 fully saturated rings. The number of aromatic nitrogens is 3. The van der Waals surface area contributed by atoms with Crippen molar-refractivity contribution in [2.75, 3.05) is 13.1 Å². The van der Waals surface area contributed by atoms with Gasteiger partial charge in [-0.2, -0.15) is 5.10 Å². The van der Waals surface area contributed by atoms with Gasteiger partial charge in [-0.25, -0.2) is 9.78 Å². The van der Waals surface area contributed by atoms with Crippen LogP contribution in [0.5, 0.6) is 11.5 Å². The predicted octanol–water partition coefficient (Wildman–Crippen LogP) is 4.49. The smallest absolute Gasteiger partial charge is 0.413 e. The second kappa shape index (κ2) is 8.39. The van der Waals surface area contributed by atoms with Gasteiger partial charge in [-0.15, -0.1) is 0 Å². The Morgan fingerprint density at radius 3 is 2.71 bits per heavy atom. The predicted molar refractivity (Wildman–Crippen MR) is 132 cm³/mol. The highest BCUT2D eigenvalue weighted by atomic mass is 16.6. The number of amides is 1. The SMILES string of the molecule is Cc1[nH]nc2nc(-c3ccc(O)cc3)cc(OC(=O)NC3CC4(CCNCC4)c4ccccc43)c12. The van der Waals surface area contributed by atoms with Gasteiger partial charge in [0.2, 0.25) is 0 Å². The van der Waals surface area contributed by atoms with Gasteiger partial charge in [0.05, 0.1) is 17.1 Å². The third-order valence-electron chi connectivity index (χ3n) is 7.39. The summed E-state index contributed by atoms with van der Waals surface area (Å²) in [4.78, 5) is 17.8. The van der Waals surface area contributed by atoms with Crippen molar-refractivity contribution in [1.29, 1.82) is 0 Å². The van der Waals surface area contributed by atoms with Gasteiger partial charge in [-0.3, -0.25) is 5.10 Å².